The summed E-state index contributed by atoms with van der Waals surface area (Å²) < 4.78 is 25.3. The van der Waals surface area contributed by atoms with Crippen LogP contribution in [0.2, 0.25) is 0 Å². The number of hydrogen-bond acceptors (Lipinski definition) is 2. The van der Waals surface area contributed by atoms with Gasteiger partial charge in [0.2, 0.25) is 0 Å². The van der Waals surface area contributed by atoms with Gasteiger partial charge in [-0.25, -0.2) is 8.78 Å². The van der Waals surface area contributed by atoms with Crippen LogP contribution in [0.3, 0.4) is 0 Å². The van der Waals surface area contributed by atoms with Crippen LogP contribution in [0.25, 0.3) is 0 Å². The van der Waals surface area contributed by atoms with Gasteiger partial charge in [-0.05, 0) is 48.5 Å². The average Bonchev–Trinajstić information content (AvgIpc) is 2.41. The van der Waals surface area contributed by atoms with Gasteiger partial charge in [0.15, 0.2) is 5.78 Å². The first-order valence-electron chi connectivity index (χ1n) is 5.64. The molecule has 0 aliphatic heterocycles. The zero-order valence-corrected chi connectivity index (χ0v) is 9.94. The predicted molar refractivity (Wildman–Crippen MR) is 69.9 cm³/mol. The molecule has 96 valence electrons. The first-order chi connectivity index (χ1) is 9.15. The van der Waals surface area contributed by atoms with Gasteiger partial charge in [0, 0.05) is 23.5 Å². The van der Waals surface area contributed by atoms with E-state index in [1.54, 1.807) is 12.1 Å². The first kappa shape index (κ1) is 13.0. The lowest BCUT2D eigenvalue weighted by Crippen LogP contribution is -1.96. The van der Waals surface area contributed by atoms with Gasteiger partial charge in [-0.1, -0.05) is 0 Å². The van der Waals surface area contributed by atoms with Gasteiger partial charge in [-0.15, -0.1) is 0 Å². The molecule has 2 aromatic carbocycles. The van der Waals surface area contributed by atoms with Crippen LogP contribution in [0.15, 0.2) is 60.8 Å². The molecule has 0 spiro atoms. The molecule has 0 fully saturated rings. The zero-order valence-electron chi connectivity index (χ0n) is 9.94. The van der Waals surface area contributed by atoms with Crippen molar-refractivity contribution in [3.8, 4) is 0 Å². The topological polar surface area (TPSA) is 29.1 Å². The Labute approximate surface area is 109 Å². The Kier molecular flexibility index (Phi) is 4.03. The lowest BCUT2D eigenvalue weighted by molar-refractivity contribution is 0.104. The predicted octanol–water partition coefficient (Wildman–Crippen LogP) is 3.77. The minimum atomic E-state index is -0.384. The maximum absolute atomic E-state index is 12.7. The Hall–Kier alpha value is -2.49. The summed E-state index contributed by atoms with van der Waals surface area (Å²) in [5.41, 5.74) is 1.07. The molecule has 4 heteroatoms. The molecule has 0 aliphatic carbocycles. The van der Waals surface area contributed by atoms with Crippen molar-refractivity contribution in [2.75, 3.05) is 5.32 Å². The molecule has 19 heavy (non-hydrogen) atoms. The molecule has 0 unspecified atom stereocenters. The first-order valence-corrected chi connectivity index (χ1v) is 5.64. The summed E-state index contributed by atoms with van der Waals surface area (Å²) in [5, 5.41) is 2.84. The van der Waals surface area contributed by atoms with Gasteiger partial charge in [-0.2, -0.15) is 0 Å². The number of nitrogens with one attached hydrogen (secondary N) is 1. The van der Waals surface area contributed by atoms with Gasteiger partial charge in [0.25, 0.3) is 0 Å². The van der Waals surface area contributed by atoms with Crippen molar-refractivity contribution in [1.82, 2.24) is 0 Å². The van der Waals surface area contributed by atoms with Crippen molar-refractivity contribution >= 4 is 11.5 Å². The third-order valence-corrected chi connectivity index (χ3v) is 2.46. The van der Waals surface area contributed by atoms with Gasteiger partial charge in [-0.3, -0.25) is 4.79 Å². The number of carbonyl (C=O) groups is 1. The molecule has 1 N–H and O–H groups in total. The summed E-state index contributed by atoms with van der Waals surface area (Å²) in [6, 6.07) is 11.0. The molecule has 2 nitrogen and oxygen atoms in total. The second-order valence-electron chi connectivity index (χ2n) is 3.86. The van der Waals surface area contributed by atoms with Crippen molar-refractivity contribution in [3.05, 3.63) is 78.0 Å². The Bertz CT molecular complexity index is 589. The van der Waals surface area contributed by atoms with Crippen LogP contribution >= 0.6 is 0 Å². The smallest absolute Gasteiger partial charge is 0.187 e. The van der Waals surface area contributed by atoms with E-state index in [0.717, 1.165) is 0 Å². The van der Waals surface area contributed by atoms with Crippen LogP contribution in [0.5, 0.6) is 0 Å². The highest BCUT2D eigenvalue weighted by molar-refractivity contribution is 6.04. The molecular weight excluding hydrogens is 248 g/mol. The lowest BCUT2D eigenvalue weighted by atomic mass is 10.1. The fraction of sp³-hybridized carbons (Fsp3) is 0. The van der Waals surface area contributed by atoms with Crippen molar-refractivity contribution in [2.24, 2.45) is 0 Å². The zero-order chi connectivity index (χ0) is 13.7. The van der Waals surface area contributed by atoms with Crippen LogP contribution in [0.1, 0.15) is 10.4 Å². The molecule has 0 saturated carbocycles. The van der Waals surface area contributed by atoms with Gasteiger partial charge in [0.05, 0.1) is 0 Å². The van der Waals surface area contributed by atoms with Crippen LogP contribution in [-0.2, 0) is 0 Å². The van der Waals surface area contributed by atoms with E-state index < -0.39 is 0 Å². The largest absolute Gasteiger partial charge is 0.362 e. The summed E-state index contributed by atoms with van der Waals surface area (Å²) >= 11 is 0. The van der Waals surface area contributed by atoms with Crippen LogP contribution in [-0.4, -0.2) is 5.78 Å². The van der Waals surface area contributed by atoms with Crippen LogP contribution < -0.4 is 5.32 Å². The average molecular weight is 259 g/mol. The highest BCUT2D eigenvalue weighted by Gasteiger charge is 2.00. The van der Waals surface area contributed by atoms with E-state index in [-0.39, 0.29) is 17.4 Å². The number of ketones is 1. The number of benzene rings is 2. The molecule has 0 atom stereocenters. The Morgan fingerprint density at radius 1 is 0.895 bits per heavy atom. The van der Waals surface area contributed by atoms with Crippen molar-refractivity contribution in [2.45, 2.75) is 0 Å². The maximum atomic E-state index is 12.7. The van der Waals surface area contributed by atoms with E-state index in [1.165, 1.54) is 48.7 Å². The molecule has 2 rings (SSSR count). The fourth-order valence-corrected chi connectivity index (χ4v) is 1.47. The van der Waals surface area contributed by atoms with Crippen LogP contribution in [0, 0.1) is 11.6 Å². The van der Waals surface area contributed by atoms with Crippen molar-refractivity contribution < 1.29 is 13.6 Å². The Morgan fingerprint density at radius 3 is 2.00 bits per heavy atom. The van der Waals surface area contributed by atoms with Crippen LogP contribution in [0.4, 0.5) is 14.5 Å². The second kappa shape index (κ2) is 5.91. The summed E-state index contributed by atoms with van der Waals surface area (Å²) in [7, 11) is 0. The maximum Gasteiger partial charge on any atom is 0.187 e. The number of carbonyl (C=O) groups excluding carboxylic acids is 1. The molecule has 2 aromatic rings. The van der Waals surface area contributed by atoms with Gasteiger partial charge < -0.3 is 5.32 Å². The molecule has 0 saturated heterocycles. The quantitative estimate of drug-likeness (QED) is 0.669. The number of allylic oxidation sites excluding steroid dienone is 1. The molecule has 0 radical (unpaired) electrons. The number of hydrogen-bond donors (Lipinski definition) is 1. The van der Waals surface area contributed by atoms with Gasteiger partial charge in [0.1, 0.15) is 11.6 Å². The Morgan fingerprint density at radius 2 is 1.42 bits per heavy atom. The Balaban J connectivity index is 1.97. The third-order valence-electron chi connectivity index (χ3n) is 2.46. The van der Waals surface area contributed by atoms with E-state index in [0.29, 0.717) is 11.3 Å². The standard InChI is InChI=1S/C15H11F2NO/c16-12-3-1-11(2-4-12)15(19)9-10-18-14-7-5-13(17)6-8-14/h1-10,18H/b10-9+. The van der Waals surface area contributed by atoms with E-state index in [9.17, 15) is 13.6 Å². The molecule has 0 aliphatic rings. The summed E-state index contributed by atoms with van der Waals surface area (Å²) in [5.74, 6) is -0.948. The second-order valence-corrected chi connectivity index (χ2v) is 3.86. The fourth-order valence-electron chi connectivity index (χ4n) is 1.47. The van der Waals surface area contributed by atoms with E-state index in [2.05, 4.69) is 5.32 Å². The normalized spacial score (nSPS) is 10.6. The lowest BCUT2D eigenvalue weighted by Gasteiger charge is -2.00. The minimum Gasteiger partial charge on any atom is -0.362 e. The molecule has 0 aromatic heterocycles. The SMILES string of the molecule is O=C(/C=C/Nc1ccc(F)cc1)c1ccc(F)cc1. The highest BCUT2D eigenvalue weighted by atomic mass is 19.1. The molecule has 0 bridgehead atoms. The van der Waals surface area contributed by atoms with E-state index in [4.69, 9.17) is 0 Å². The van der Waals surface area contributed by atoms with E-state index >= 15 is 0 Å². The summed E-state index contributed by atoms with van der Waals surface area (Å²) in [6.07, 6.45) is 2.79. The van der Waals surface area contributed by atoms with Gasteiger partial charge >= 0.3 is 0 Å². The van der Waals surface area contributed by atoms with Crippen molar-refractivity contribution in [3.63, 3.8) is 0 Å². The number of halogens is 2. The van der Waals surface area contributed by atoms with E-state index in [1.807, 2.05) is 0 Å². The number of rotatable bonds is 4. The third kappa shape index (κ3) is 3.74. The highest BCUT2D eigenvalue weighted by Crippen LogP contribution is 2.08. The molecule has 0 heterocycles. The minimum absolute atomic E-state index is 0.241. The monoisotopic (exact) mass is 259 g/mol. The molecular formula is C15H11F2NO. The summed E-state index contributed by atoms with van der Waals surface area (Å²) in [4.78, 5) is 11.7. The molecule has 0 amide bonds. The van der Waals surface area contributed by atoms with Crippen molar-refractivity contribution in [1.29, 1.82) is 0 Å². The summed E-state index contributed by atoms with van der Waals surface area (Å²) in [6.45, 7) is 0. The number of anilines is 1.